The molecular weight excluding hydrogens is 377 g/mol. The van der Waals surface area contributed by atoms with E-state index >= 15 is 0 Å². The van der Waals surface area contributed by atoms with Crippen molar-refractivity contribution >= 4 is 21.4 Å². The summed E-state index contributed by atoms with van der Waals surface area (Å²) < 4.78 is 42.1. The van der Waals surface area contributed by atoms with Crippen LogP contribution in [0.3, 0.4) is 0 Å². The maximum atomic E-state index is 13.0. The molecule has 28 heavy (non-hydrogen) atoms. The molecule has 2 aromatic heterocycles. The number of pyridine rings is 1. The van der Waals surface area contributed by atoms with Crippen LogP contribution in [0.1, 0.15) is 11.1 Å². The molecule has 0 amide bonds. The second-order valence-corrected chi connectivity index (χ2v) is 8.38. The van der Waals surface area contributed by atoms with Gasteiger partial charge in [0.15, 0.2) is 0 Å². The predicted octanol–water partition coefficient (Wildman–Crippen LogP) is 4.39. The van der Waals surface area contributed by atoms with Crippen molar-refractivity contribution in [3.63, 3.8) is 0 Å². The fourth-order valence-corrected chi connectivity index (χ4v) is 4.15. The molecule has 0 fully saturated rings. The first kappa shape index (κ1) is 18.2. The molecule has 0 bridgehead atoms. The first-order valence-electron chi connectivity index (χ1n) is 8.69. The Morgan fingerprint density at radius 1 is 1.04 bits per heavy atom. The molecule has 4 aromatic rings. The van der Waals surface area contributed by atoms with Crippen LogP contribution in [0.15, 0.2) is 73.1 Å². The molecule has 0 saturated carbocycles. The summed E-state index contributed by atoms with van der Waals surface area (Å²) in [5.41, 5.74) is 4.68. The van der Waals surface area contributed by atoms with Crippen LogP contribution in [-0.2, 0) is 15.8 Å². The average Bonchev–Trinajstić information content (AvgIpc) is 3.07. The van der Waals surface area contributed by atoms with Gasteiger partial charge in [-0.2, -0.15) is 0 Å². The largest absolute Gasteiger partial charge is 0.306 e. The van der Waals surface area contributed by atoms with Gasteiger partial charge >= 0.3 is 0 Å². The van der Waals surface area contributed by atoms with Crippen LogP contribution in [0.4, 0.5) is 10.1 Å². The van der Waals surface area contributed by atoms with Crippen molar-refractivity contribution in [2.75, 3.05) is 4.72 Å². The standard InChI is InChI=1S/C21H18FN3O2S/c1-15-10-11-25-13-20(23-21(25)12-15)17-4-8-19(9-5-17)24-28(26,27)14-16-2-6-18(22)7-3-16/h2-13,24H,14H2,1H3. The van der Waals surface area contributed by atoms with Gasteiger partial charge in [0.2, 0.25) is 10.0 Å². The number of halogens is 1. The number of imidazole rings is 1. The number of benzene rings is 2. The Kier molecular flexibility index (Phi) is 4.60. The van der Waals surface area contributed by atoms with Crippen molar-refractivity contribution in [3.8, 4) is 11.3 Å². The van der Waals surface area contributed by atoms with Gasteiger partial charge in [0.1, 0.15) is 11.5 Å². The van der Waals surface area contributed by atoms with Gasteiger partial charge in [-0.1, -0.05) is 24.3 Å². The van der Waals surface area contributed by atoms with Crippen molar-refractivity contribution in [1.82, 2.24) is 9.38 Å². The van der Waals surface area contributed by atoms with Gasteiger partial charge in [-0.15, -0.1) is 0 Å². The van der Waals surface area contributed by atoms with Crippen LogP contribution in [-0.4, -0.2) is 17.8 Å². The van der Waals surface area contributed by atoms with Gasteiger partial charge in [0.25, 0.3) is 0 Å². The highest BCUT2D eigenvalue weighted by Crippen LogP contribution is 2.22. The monoisotopic (exact) mass is 395 g/mol. The molecule has 4 rings (SSSR count). The van der Waals surface area contributed by atoms with Gasteiger partial charge in [0, 0.05) is 23.6 Å². The lowest BCUT2D eigenvalue weighted by atomic mass is 10.1. The number of aryl methyl sites for hydroxylation is 1. The molecule has 0 saturated heterocycles. The van der Waals surface area contributed by atoms with Gasteiger partial charge in [-0.05, 0) is 54.4 Å². The van der Waals surface area contributed by atoms with E-state index in [4.69, 9.17) is 0 Å². The molecule has 142 valence electrons. The molecular formula is C21H18FN3O2S. The minimum atomic E-state index is -3.60. The minimum Gasteiger partial charge on any atom is -0.306 e. The minimum absolute atomic E-state index is 0.221. The fourth-order valence-electron chi connectivity index (χ4n) is 2.95. The molecule has 0 radical (unpaired) electrons. The molecule has 0 aliphatic carbocycles. The van der Waals surface area contributed by atoms with E-state index in [-0.39, 0.29) is 5.75 Å². The Morgan fingerprint density at radius 3 is 2.46 bits per heavy atom. The maximum Gasteiger partial charge on any atom is 0.236 e. The number of aromatic nitrogens is 2. The molecule has 0 unspecified atom stereocenters. The molecule has 5 nitrogen and oxygen atoms in total. The highest BCUT2D eigenvalue weighted by molar-refractivity contribution is 7.91. The average molecular weight is 395 g/mol. The van der Waals surface area contributed by atoms with Gasteiger partial charge in [-0.25, -0.2) is 17.8 Å². The Morgan fingerprint density at radius 2 is 1.75 bits per heavy atom. The van der Waals surface area contributed by atoms with E-state index in [1.807, 2.05) is 48.0 Å². The summed E-state index contributed by atoms with van der Waals surface area (Å²) >= 11 is 0. The molecule has 2 aromatic carbocycles. The number of hydrogen-bond donors (Lipinski definition) is 1. The number of nitrogens with zero attached hydrogens (tertiary/aromatic N) is 2. The number of sulfonamides is 1. The smallest absolute Gasteiger partial charge is 0.236 e. The maximum absolute atomic E-state index is 13.0. The number of fused-ring (bicyclic) bond motifs is 1. The third-order valence-electron chi connectivity index (χ3n) is 4.34. The van der Waals surface area contributed by atoms with E-state index in [9.17, 15) is 12.8 Å². The normalized spacial score (nSPS) is 11.6. The molecule has 7 heteroatoms. The SMILES string of the molecule is Cc1ccn2cc(-c3ccc(NS(=O)(=O)Cc4ccc(F)cc4)cc3)nc2c1. The lowest BCUT2D eigenvalue weighted by Crippen LogP contribution is -2.15. The summed E-state index contributed by atoms with van der Waals surface area (Å²) in [6.07, 6.45) is 3.89. The van der Waals surface area contributed by atoms with Gasteiger partial charge < -0.3 is 4.40 Å². The van der Waals surface area contributed by atoms with Crippen LogP contribution in [0, 0.1) is 12.7 Å². The van der Waals surface area contributed by atoms with Crippen molar-refractivity contribution in [1.29, 1.82) is 0 Å². The summed E-state index contributed by atoms with van der Waals surface area (Å²) in [6, 6.07) is 16.5. The highest BCUT2D eigenvalue weighted by atomic mass is 32.2. The summed E-state index contributed by atoms with van der Waals surface area (Å²) in [6.45, 7) is 2.02. The van der Waals surface area contributed by atoms with E-state index in [1.165, 1.54) is 24.3 Å². The van der Waals surface area contributed by atoms with E-state index in [2.05, 4.69) is 9.71 Å². The van der Waals surface area contributed by atoms with Crippen molar-refractivity contribution in [2.24, 2.45) is 0 Å². The third-order valence-corrected chi connectivity index (χ3v) is 5.60. The third kappa shape index (κ3) is 4.04. The quantitative estimate of drug-likeness (QED) is 0.545. The second kappa shape index (κ2) is 7.09. The number of nitrogens with one attached hydrogen (secondary N) is 1. The van der Waals surface area contributed by atoms with Crippen molar-refractivity contribution in [3.05, 3.63) is 90.0 Å². The predicted molar refractivity (Wildman–Crippen MR) is 108 cm³/mol. The second-order valence-electron chi connectivity index (χ2n) is 6.66. The Bertz CT molecular complexity index is 1230. The number of rotatable bonds is 5. The molecule has 1 N–H and O–H groups in total. The number of anilines is 1. The lowest BCUT2D eigenvalue weighted by molar-refractivity contribution is 0.600. The van der Waals surface area contributed by atoms with Crippen molar-refractivity contribution in [2.45, 2.75) is 12.7 Å². The van der Waals surface area contributed by atoms with Crippen LogP contribution < -0.4 is 4.72 Å². The summed E-state index contributed by atoms with van der Waals surface area (Å²) in [5.74, 6) is -0.618. The summed E-state index contributed by atoms with van der Waals surface area (Å²) in [5, 5.41) is 0. The molecule has 0 aliphatic rings. The molecule has 0 aliphatic heterocycles. The first-order chi connectivity index (χ1) is 13.4. The Hall–Kier alpha value is -3.19. The number of hydrogen-bond acceptors (Lipinski definition) is 3. The van der Waals surface area contributed by atoms with Crippen LogP contribution in [0.2, 0.25) is 0 Å². The molecule has 0 spiro atoms. The van der Waals surface area contributed by atoms with Crippen LogP contribution in [0.5, 0.6) is 0 Å². The van der Waals surface area contributed by atoms with E-state index in [1.54, 1.807) is 12.1 Å². The fraction of sp³-hybridized carbons (Fsp3) is 0.0952. The topological polar surface area (TPSA) is 63.5 Å². The molecule has 2 heterocycles. The van der Waals surface area contributed by atoms with Crippen LogP contribution >= 0.6 is 0 Å². The summed E-state index contributed by atoms with van der Waals surface area (Å²) in [7, 11) is -3.60. The van der Waals surface area contributed by atoms with E-state index in [0.29, 0.717) is 11.3 Å². The highest BCUT2D eigenvalue weighted by Gasteiger charge is 2.12. The van der Waals surface area contributed by atoms with E-state index < -0.39 is 15.8 Å². The van der Waals surface area contributed by atoms with Crippen LogP contribution in [0.25, 0.3) is 16.9 Å². The van der Waals surface area contributed by atoms with Gasteiger partial charge in [-0.3, -0.25) is 4.72 Å². The van der Waals surface area contributed by atoms with Crippen molar-refractivity contribution < 1.29 is 12.8 Å². The zero-order valence-corrected chi connectivity index (χ0v) is 15.9. The lowest BCUT2D eigenvalue weighted by Gasteiger charge is -2.08. The zero-order chi connectivity index (χ0) is 19.7. The molecule has 0 atom stereocenters. The van der Waals surface area contributed by atoms with Gasteiger partial charge in [0.05, 0.1) is 11.4 Å². The Labute approximate surface area is 162 Å². The van der Waals surface area contributed by atoms with E-state index in [0.717, 1.165) is 22.5 Å². The zero-order valence-electron chi connectivity index (χ0n) is 15.1. The Balaban J connectivity index is 1.51. The summed E-state index contributed by atoms with van der Waals surface area (Å²) in [4.78, 5) is 4.60. The first-order valence-corrected chi connectivity index (χ1v) is 10.3.